The van der Waals surface area contributed by atoms with E-state index in [-0.39, 0.29) is 0 Å². The lowest BCUT2D eigenvalue weighted by Gasteiger charge is -2.04. The summed E-state index contributed by atoms with van der Waals surface area (Å²) in [4.78, 5) is 4.01. The van der Waals surface area contributed by atoms with Gasteiger partial charge >= 0.3 is 0 Å². The third-order valence-corrected chi connectivity index (χ3v) is 1.76. The molecule has 0 saturated carbocycles. The van der Waals surface area contributed by atoms with Gasteiger partial charge in [0.2, 0.25) is 5.62 Å². The van der Waals surface area contributed by atoms with E-state index < -0.39 is 0 Å². The van der Waals surface area contributed by atoms with Crippen LogP contribution in [0.25, 0.3) is 0 Å². The summed E-state index contributed by atoms with van der Waals surface area (Å²) in [7, 11) is 0. The predicted octanol–water partition coefficient (Wildman–Crippen LogP) is 0.595. The number of nitrogens with zero attached hydrogens (tertiary/aromatic N) is 4. The number of aromatic nitrogens is 2. The van der Waals surface area contributed by atoms with Crippen LogP contribution >= 0.6 is 12.6 Å². The monoisotopic (exact) mass is 182 g/mol. The predicted molar refractivity (Wildman–Crippen MR) is 51.1 cm³/mol. The zero-order chi connectivity index (χ0) is 8.97. The van der Waals surface area contributed by atoms with Crippen LogP contribution < -0.4 is 5.62 Å². The van der Waals surface area contributed by atoms with Crippen molar-refractivity contribution in [1.82, 2.24) is 9.55 Å². The highest BCUT2D eigenvalue weighted by Gasteiger charge is 1.94. The highest BCUT2D eigenvalue weighted by atomic mass is 32.1. The van der Waals surface area contributed by atoms with Crippen LogP contribution in [0.4, 0.5) is 0 Å². The topological polar surface area (TPSA) is 42.5 Å². The SMILES string of the molecule is C=N/N=c1/nccc(C)n1CS. The van der Waals surface area contributed by atoms with Crippen molar-refractivity contribution in [3.63, 3.8) is 0 Å². The Morgan fingerprint density at radius 1 is 1.75 bits per heavy atom. The molecule has 0 aliphatic rings. The van der Waals surface area contributed by atoms with Gasteiger partial charge in [-0.25, -0.2) is 4.98 Å². The summed E-state index contributed by atoms with van der Waals surface area (Å²) in [6.07, 6.45) is 1.68. The molecule has 0 unspecified atom stereocenters. The summed E-state index contributed by atoms with van der Waals surface area (Å²) < 4.78 is 1.83. The van der Waals surface area contributed by atoms with Gasteiger partial charge in [-0.05, 0) is 13.0 Å². The van der Waals surface area contributed by atoms with Gasteiger partial charge in [0.15, 0.2) is 0 Å². The highest BCUT2D eigenvalue weighted by Crippen LogP contribution is 1.92. The van der Waals surface area contributed by atoms with E-state index >= 15 is 0 Å². The zero-order valence-corrected chi connectivity index (χ0v) is 7.70. The van der Waals surface area contributed by atoms with Crippen molar-refractivity contribution >= 4 is 19.3 Å². The van der Waals surface area contributed by atoms with Crippen molar-refractivity contribution in [2.45, 2.75) is 12.8 Å². The van der Waals surface area contributed by atoms with E-state index in [0.717, 1.165) is 5.69 Å². The molecule has 1 aromatic rings. The van der Waals surface area contributed by atoms with Crippen molar-refractivity contribution in [3.8, 4) is 0 Å². The molecule has 1 rings (SSSR count). The highest BCUT2D eigenvalue weighted by molar-refractivity contribution is 7.79. The Balaban J connectivity index is 3.37. The van der Waals surface area contributed by atoms with Crippen molar-refractivity contribution in [1.29, 1.82) is 0 Å². The second-order valence-electron chi connectivity index (χ2n) is 2.20. The average molecular weight is 182 g/mol. The van der Waals surface area contributed by atoms with E-state index in [1.165, 1.54) is 0 Å². The van der Waals surface area contributed by atoms with Gasteiger partial charge < -0.3 is 4.57 Å². The molecule has 0 bridgehead atoms. The number of rotatable bonds is 2. The van der Waals surface area contributed by atoms with Crippen molar-refractivity contribution in [3.05, 3.63) is 23.6 Å². The molecule has 0 aromatic carbocycles. The van der Waals surface area contributed by atoms with Crippen LogP contribution in [0.1, 0.15) is 5.69 Å². The lowest BCUT2D eigenvalue weighted by atomic mass is 10.4. The molecule has 1 heterocycles. The fraction of sp³-hybridized carbons (Fsp3) is 0.286. The minimum Gasteiger partial charge on any atom is -0.304 e. The molecule has 12 heavy (non-hydrogen) atoms. The van der Waals surface area contributed by atoms with Gasteiger partial charge in [0.25, 0.3) is 0 Å². The van der Waals surface area contributed by atoms with Crippen LogP contribution in [0.15, 0.2) is 22.5 Å². The third-order valence-electron chi connectivity index (χ3n) is 1.47. The van der Waals surface area contributed by atoms with Gasteiger partial charge in [-0.15, -0.1) is 5.10 Å². The molecule has 5 heteroatoms. The van der Waals surface area contributed by atoms with E-state index in [4.69, 9.17) is 0 Å². The summed E-state index contributed by atoms with van der Waals surface area (Å²) in [5.41, 5.74) is 1.57. The second kappa shape index (κ2) is 4.06. The molecule has 0 spiro atoms. The average Bonchev–Trinajstić information content (AvgIpc) is 2.05. The normalized spacial score (nSPS) is 11.7. The van der Waals surface area contributed by atoms with E-state index in [9.17, 15) is 0 Å². The maximum atomic E-state index is 4.14. The first-order valence-corrected chi connectivity index (χ1v) is 4.06. The standard InChI is InChI=1S/C7H10N4S/c1-6-3-4-9-7(10-8-2)11(6)5-12/h3-4,12H,2,5H2,1H3/b10-7-. The molecule has 0 amide bonds. The van der Waals surface area contributed by atoms with Crippen LogP contribution in [-0.4, -0.2) is 16.3 Å². The molecule has 1 aromatic heterocycles. The second-order valence-corrected chi connectivity index (χ2v) is 2.48. The van der Waals surface area contributed by atoms with Gasteiger partial charge in [0.1, 0.15) is 0 Å². The van der Waals surface area contributed by atoms with Gasteiger partial charge in [0, 0.05) is 18.6 Å². The minimum atomic E-state index is 0.528. The van der Waals surface area contributed by atoms with E-state index in [1.807, 2.05) is 17.6 Å². The van der Waals surface area contributed by atoms with E-state index in [2.05, 4.69) is 34.5 Å². The Kier molecular flexibility index (Phi) is 3.04. The quantitative estimate of drug-likeness (QED) is 0.406. The molecule has 0 aliphatic carbocycles. The third kappa shape index (κ3) is 1.73. The van der Waals surface area contributed by atoms with Crippen molar-refractivity contribution < 1.29 is 0 Å². The Morgan fingerprint density at radius 3 is 3.08 bits per heavy atom. The maximum absolute atomic E-state index is 4.14. The summed E-state index contributed by atoms with van der Waals surface area (Å²) in [6.45, 7) is 5.22. The fourth-order valence-corrected chi connectivity index (χ4v) is 1.20. The first-order valence-electron chi connectivity index (χ1n) is 3.42. The molecule has 0 saturated heterocycles. The van der Waals surface area contributed by atoms with E-state index in [1.54, 1.807) is 6.20 Å². The summed E-state index contributed by atoms with van der Waals surface area (Å²) in [5.74, 6) is 0.536. The fourth-order valence-electron chi connectivity index (χ4n) is 0.847. The summed E-state index contributed by atoms with van der Waals surface area (Å²) in [5, 5.41) is 7.17. The molecular weight excluding hydrogens is 172 g/mol. The Bertz CT molecular complexity index is 342. The van der Waals surface area contributed by atoms with E-state index in [0.29, 0.717) is 11.5 Å². The zero-order valence-electron chi connectivity index (χ0n) is 6.80. The van der Waals surface area contributed by atoms with Gasteiger partial charge in [-0.1, -0.05) is 0 Å². The van der Waals surface area contributed by atoms with Crippen LogP contribution in [0, 0.1) is 6.92 Å². The van der Waals surface area contributed by atoms with Gasteiger partial charge in [-0.3, -0.25) is 0 Å². The van der Waals surface area contributed by atoms with Crippen molar-refractivity contribution in [2.24, 2.45) is 10.2 Å². The first-order chi connectivity index (χ1) is 5.79. The van der Waals surface area contributed by atoms with Crippen LogP contribution in [0.2, 0.25) is 0 Å². The van der Waals surface area contributed by atoms with Crippen molar-refractivity contribution in [2.75, 3.05) is 0 Å². The number of hydrogen-bond donors (Lipinski definition) is 1. The molecular formula is C7H10N4S. The summed E-state index contributed by atoms with van der Waals surface area (Å²) in [6, 6.07) is 1.89. The molecule has 0 fully saturated rings. The lowest BCUT2D eigenvalue weighted by molar-refractivity contribution is 0.726. The number of aryl methyl sites for hydroxylation is 1. The Hall–Kier alpha value is -1.10. The Labute approximate surface area is 76.1 Å². The lowest BCUT2D eigenvalue weighted by Crippen LogP contribution is -2.24. The van der Waals surface area contributed by atoms with Crippen LogP contribution in [0.5, 0.6) is 0 Å². The Morgan fingerprint density at radius 2 is 2.50 bits per heavy atom. The van der Waals surface area contributed by atoms with Gasteiger partial charge in [0.05, 0.1) is 5.88 Å². The molecule has 0 aliphatic heterocycles. The molecule has 64 valence electrons. The molecule has 0 radical (unpaired) electrons. The smallest absolute Gasteiger partial charge is 0.250 e. The van der Waals surface area contributed by atoms with Crippen LogP contribution in [0.3, 0.4) is 0 Å². The first kappa shape index (κ1) is 8.99. The number of thiol groups is 1. The summed E-state index contributed by atoms with van der Waals surface area (Å²) >= 11 is 4.14. The molecule has 0 N–H and O–H groups in total. The number of hydrogen-bond acceptors (Lipinski definition) is 4. The minimum absolute atomic E-state index is 0.528. The maximum Gasteiger partial charge on any atom is 0.250 e. The molecule has 0 atom stereocenters. The van der Waals surface area contributed by atoms with Gasteiger partial charge in [-0.2, -0.15) is 17.7 Å². The molecule has 4 nitrogen and oxygen atoms in total. The van der Waals surface area contributed by atoms with Crippen LogP contribution in [-0.2, 0) is 5.88 Å². The largest absolute Gasteiger partial charge is 0.304 e.